The highest BCUT2D eigenvalue weighted by atomic mass is 16.1. The van der Waals surface area contributed by atoms with Gasteiger partial charge in [-0.05, 0) is 75.5 Å². The maximum absolute atomic E-state index is 10.6. The van der Waals surface area contributed by atoms with Crippen LogP contribution in [0.1, 0.15) is 110 Å². The molecule has 0 aliphatic heterocycles. The summed E-state index contributed by atoms with van der Waals surface area (Å²) in [6.07, 6.45) is 23.5. The molecule has 0 aromatic carbocycles. The predicted octanol–water partition coefficient (Wildman–Crippen LogP) is 6.53. The number of nitrogens with zero attached hydrogens (tertiary/aromatic N) is 2. The quantitative estimate of drug-likeness (QED) is 0.217. The van der Waals surface area contributed by atoms with Gasteiger partial charge in [0.2, 0.25) is 12.2 Å². The van der Waals surface area contributed by atoms with Crippen LogP contribution >= 0.6 is 0 Å². The van der Waals surface area contributed by atoms with Crippen molar-refractivity contribution in [3.05, 3.63) is 0 Å². The summed E-state index contributed by atoms with van der Waals surface area (Å²) in [5.41, 5.74) is 0. The van der Waals surface area contributed by atoms with Crippen molar-refractivity contribution in [2.45, 2.75) is 122 Å². The molecule has 0 unspecified atom stereocenters. The van der Waals surface area contributed by atoms with Gasteiger partial charge < -0.3 is 0 Å². The summed E-state index contributed by atoms with van der Waals surface area (Å²) in [4.78, 5) is 29.1. The Morgan fingerprint density at radius 1 is 0.679 bits per heavy atom. The Morgan fingerprint density at radius 2 is 1.11 bits per heavy atom. The van der Waals surface area contributed by atoms with Gasteiger partial charge in [-0.25, -0.2) is 19.6 Å². The van der Waals surface area contributed by atoms with Crippen molar-refractivity contribution < 1.29 is 9.59 Å². The fraction of sp³-hybridized carbons (Fsp3) is 0.917. The molecule has 28 heavy (non-hydrogen) atoms. The van der Waals surface area contributed by atoms with Gasteiger partial charge in [0, 0.05) is 0 Å². The molecule has 4 nitrogen and oxygen atoms in total. The molecule has 0 saturated heterocycles. The lowest BCUT2D eigenvalue weighted by Gasteiger charge is -2.39. The van der Waals surface area contributed by atoms with Crippen LogP contribution in [0.2, 0.25) is 0 Å². The normalized spacial score (nSPS) is 28.8. The van der Waals surface area contributed by atoms with Gasteiger partial charge in [0.05, 0.1) is 12.1 Å². The van der Waals surface area contributed by atoms with Crippen molar-refractivity contribution in [1.29, 1.82) is 0 Å². The largest absolute Gasteiger partial charge is 0.235 e. The standard InChI is InChI=1S/C24H40N2O2/c1-2-3-4-5-6-7-8-9-24(20-10-14-22(15-11-20)25-18-27)21-12-16-23(17-13-21)26-19-28/h20-24H,2-17H2,1H3. The van der Waals surface area contributed by atoms with E-state index in [0.717, 1.165) is 43.4 Å². The molecule has 2 aliphatic rings. The van der Waals surface area contributed by atoms with Crippen LogP contribution in [0.15, 0.2) is 9.98 Å². The molecule has 0 atom stereocenters. The van der Waals surface area contributed by atoms with Crippen LogP contribution in [-0.2, 0) is 9.59 Å². The number of unbranched alkanes of at least 4 members (excludes halogenated alkanes) is 6. The van der Waals surface area contributed by atoms with Gasteiger partial charge in [0.15, 0.2) is 0 Å². The third-order valence-corrected chi connectivity index (χ3v) is 7.31. The van der Waals surface area contributed by atoms with E-state index in [1.54, 1.807) is 12.2 Å². The molecule has 0 N–H and O–H groups in total. The molecule has 158 valence electrons. The Kier molecular flexibility index (Phi) is 11.4. The summed E-state index contributed by atoms with van der Waals surface area (Å²) < 4.78 is 0. The topological polar surface area (TPSA) is 58.9 Å². The predicted molar refractivity (Wildman–Crippen MR) is 114 cm³/mol. The summed E-state index contributed by atoms with van der Waals surface area (Å²) in [5.74, 6) is 2.38. The average Bonchev–Trinajstić information content (AvgIpc) is 2.72. The monoisotopic (exact) mass is 388 g/mol. The average molecular weight is 389 g/mol. The molecular weight excluding hydrogens is 348 g/mol. The first kappa shape index (κ1) is 23.0. The summed E-state index contributed by atoms with van der Waals surface area (Å²) >= 11 is 0. The van der Waals surface area contributed by atoms with Gasteiger partial charge in [-0.1, -0.05) is 51.9 Å². The van der Waals surface area contributed by atoms with Gasteiger partial charge in [-0.3, -0.25) is 0 Å². The Bertz CT molecular complexity index is 469. The number of isocyanates is 2. The minimum absolute atomic E-state index is 0.214. The van der Waals surface area contributed by atoms with Crippen molar-refractivity contribution in [3.63, 3.8) is 0 Å². The molecule has 2 saturated carbocycles. The van der Waals surface area contributed by atoms with Crippen molar-refractivity contribution in [3.8, 4) is 0 Å². The molecule has 2 rings (SSSR count). The van der Waals surface area contributed by atoms with Gasteiger partial charge in [0.1, 0.15) is 0 Å². The molecule has 0 aromatic heterocycles. The summed E-state index contributed by atoms with van der Waals surface area (Å²) in [7, 11) is 0. The van der Waals surface area contributed by atoms with Crippen molar-refractivity contribution in [2.24, 2.45) is 27.7 Å². The lowest BCUT2D eigenvalue weighted by molar-refractivity contribution is 0.122. The van der Waals surface area contributed by atoms with E-state index in [1.807, 2.05) is 0 Å². The molecule has 0 radical (unpaired) electrons. The molecule has 0 amide bonds. The fourth-order valence-electron chi connectivity index (χ4n) is 5.66. The molecular formula is C24H40N2O2. The van der Waals surface area contributed by atoms with E-state index in [9.17, 15) is 9.59 Å². The lowest BCUT2D eigenvalue weighted by Crippen LogP contribution is -2.31. The molecule has 0 bridgehead atoms. The zero-order chi connectivity index (χ0) is 20.0. The van der Waals surface area contributed by atoms with E-state index in [4.69, 9.17) is 0 Å². The third kappa shape index (κ3) is 8.02. The molecule has 0 aromatic rings. The SMILES string of the molecule is CCCCCCCCCC(C1CCC(N=C=O)CC1)C1CCC(N=C=O)CC1. The first-order valence-corrected chi connectivity index (χ1v) is 11.9. The number of aliphatic imine (C=N–C) groups is 2. The zero-order valence-electron chi connectivity index (χ0n) is 17.9. The lowest BCUT2D eigenvalue weighted by atomic mass is 9.67. The van der Waals surface area contributed by atoms with E-state index in [0.29, 0.717) is 0 Å². The molecule has 4 heteroatoms. The first-order chi connectivity index (χ1) is 13.8. The summed E-state index contributed by atoms with van der Waals surface area (Å²) in [6.45, 7) is 2.27. The number of carbonyl (C=O) groups excluding carboxylic acids is 2. The van der Waals surface area contributed by atoms with Gasteiger partial charge in [-0.2, -0.15) is 0 Å². The summed E-state index contributed by atoms with van der Waals surface area (Å²) in [5, 5.41) is 0. The van der Waals surface area contributed by atoms with Gasteiger partial charge in [0.25, 0.3) is 0 Å². The highest BCUT2D eigenvalue weighted by molar-refractivity contribution is 5.33. The second-order valence-electron chi connectivity index (χ2n) is 9.15. The maximum Gasteiger partial charge on any atom is 0.235 e. The van der Waals surface area contributed by atoms with Crippen LogP contribution < -0.4 is 0 Å². The smallest absolute Gasteiger partial charge is 0.211 e. The van der Waals surface area contributed by atoms with Crippen molar-refractivity contribution in [1.82, 2.24) is 0 Å². The third-order valence-electron chi connectivity index (χ3n) is 7.31. The highest BCUT2D eigenvalue weighted by Crippen LogP contribution is 2.43. The first-order valence-electron chi connectivity index (χ1n) is 11.9. The van der Waals surface area contributed by atoms with Crippen LogP contribution in [0.25, 0.3) is 0 Å². The van der Waals surface area contributed by atoms with Crippen LogP contribution in [0.5, 0.6) is 0 Å². The van der Waals surface area contributed by atoms with Crippen molar-refractivity contribution in [2.75, 3.05) is 0 Å². The second kappa shape index (κ2) is 13.9. The highest BCUT2D eigenvalue weighted by Gasteiger charge is 2.34. The number of hydrogen-bond donors (Lipinski definition) is 0. The zero-order valence-corrected chi connectivity index (χ0v) is 17.9. The van der Waals surface area contributed by atoms with E-state index >= 15 is 0 Å². The van der Waals surface area contributed by atoms with Crippen LogP contribution in [0.4, 0.5) is 0 Å². The molecule has 0 spiro atoms. The van der Waals surface area contributed by atoms with E-state index in [-0.39, 0.29) is 12.1 Å². The van der Waals surface area contributed by atoms with Crippen LogP contribution in [0, 0.1) is 17.8 Å². The minimum atomic E-state index is 0.214. The molecule has 2 fully saturated rings. The Hall–Kier alpha value is -1.24. The van der Waals surface area contributed by atoms with Crippen LogP contribution in [0.3, 0.4) is 0 Å². The Balaban J connectivity index is 1.83. The molecule has 0 heterocycles. The fourth-order valence-corrected chi connectivity index (χ4v) is 5.66. The van der Waals surface area contributed by atoms with Crippen molar-refractivity contribution >= 4 is 12.2 Å². The minimum Gasteiger partial charge on any atom is -0.211 e. The Labute approximate surface area is 171 Å². The second-order valence-corrected chi connectivity index (χ2v) is 9.15. The van der Waals surface area contributed by atoms with E-state index < -0.39 is 0 Å². The number of hydrogen-bond acceptors (Lipinski definition) is 4. The number of rotatable bonds is 12. The van der Waals surface area contributed by atoms with Gasteiger partial charge >= 0.3 is 0 Å². The van der Waals surface area contributed by atoms with E-state index in [2.05, 4.69) is 16.9 Å². The Morgan fingerprint density at radius 3 is 1.54 bits per heavy atom. The van der Waals surface area contributed by atoms with Crippen LogP contribution in [-0.4, -0.2) is 24.2 Å². The maximum atomic E-state index is 10.6. The van der Waals surface area contributed by atoms with Gasteiger partial charge in [-0.15, -0.1) is 0 Å². The van der Waals surface area contributed by atoms with E-state index in [1.165, 1.54) is 77.0 Å². The molecule has 2 aliphatic carbocycles. The summed E-state index contributed by atoms with van der Waals surface area (Å²) in [6, 6.07) is 0.427.